The number of carbonyl (C=O) groups excluding carboxylic acids is 3. The molecule has 0 aromatic carbocycles. The van der Waals surface area contributed by atoms with E-state index in [2.05, 4.69) is 38.2 Å². The lowest BCUT2D eigenvalue weighted by Gasteiger charge is -2.34. The van der Waals surface area contributed by atoms with E-state index in [1.807, 2.05) is 0 Å². The maximum atomic E-state index is 12.5. The van der Waals surface area contributed by atoms with Gasteiger partial charge in [0, 0.05) is 19.3 Å². The molecular weight excluding hydrogens is 582 g/mol. The Balaban J connectivity index is 4.39. The number of unbranched alkanes of at least 4 members (excludes halogenated alkanes) is 14. The van der Waals surface area contributed by atoms with Crippen molar-refractivity contribution < 1.29 is 38.2 Å². The van der Waals surface area contributed by atoms with Crippen molar-refractivity contribution in [1.29, 1.82) is 0 Å². The summed E-state index contributed by atoms with van der Waals surface area (Å²) < 4.78 is 17.0. The van der Waals surface area contributed by atoms with Crippen LogP contribution in [0.2, 0.25) is 0 Å². The molecule has 0 fully saturated rings. The van der Waals surface area contributed by atoms with Crippen LogP contribution in [0, 0.1) is 0 Å². The predicted molar refractivity (Wildman–Crippen MR) is 185 cm³/mol. The SMILES string of the molecule is CC/C=C/C/C=C/CCCCCCCCCC(=O)OCC(COCCC(C(=O)[O-])[N+](C)(C)C)OC(=O)CCCCCCCCCC. The van der Waals surface area contributed by atoms with Crippen molar-refractivity contribution in [3.05, 3.63) is 24.3 Å². The molecule has 0 aromatic rings. The number of allylic oxidation sites excluding steroid dienone is 4. The van der Waals surface area contributed by atoms with Gasteiger partial charge in [-0.25, -0.2) is 0 Å². The van der Waals surface area contributed by atoms with Gasteiger partial charge >= 0.3 is 11.9 Å². The number of carbonyl (C=O) groups is 3. The molecule has 46 heavy (non-hydrogen) atoms. The Morgan fingerprint density at radius 1 is 0.674 bits per heavy atom. The summed E-state index contributed by atoms with van der Waals surface area (Å²) in [6.45, 7) is 4.50. The fraction of sp³-hybridized carbons (Fsp3) is 0.816. The lowest BCUT2D eigenvalue weighted by Crippen LogP contribution is -2.55. The number of rotatable bonds is 32. The minimum Gasteiger partial charge on any atom is -0.544 e. The minimum absolute atomic E-state index is 0.0407. The van der Waals surface area contributed by atoms with Crippen LogP contribution < -0.4 is 5.11 Å². The maximum Gasteiger partial charge on any atom is 0.306 e. The van der Waals surface area contributed by atoms with Crippen LogP contribution in [-0.4, -0.2) is 75.5 Å². The Kier molecular flexibility index (Phi) is 28.7. The first-order valence-electron chi connectivity index (χ1n) is 18.4. The average molecular weight is 652 g/mol. The van der Waals surface area contributed by atoms with Crippen LogP contribution in [0.1, 0.15) is 149 Å². The first-order valence-corrected chi connectivity index (χ1v) is 18.4. The zero-order valence-electron chi connectivity index (χ0n) is 30.2. The number of carboxylic acid groups (broad SMARTS) is 1. The van der Waals surface area contributed by atoms with Crippen LogP contribution in [0.3, 0.4) is 0 Å². The highest BCUT2D eigenvalue weighted by Gasteiger charge is 2.25. The van der Waals surface area contributed by atoms with E-state index in [9.17, 15) is 19.5 Å². The van der Waals surface area contributed by atoms with E-state index < -0.39 is 18.1 Å². The molecule has 0 N–H and O–H groups in total. The summed E-state index contributed by atoms with van der Waals surface area (Å²) in [6, 6.07) is -0.721. The van der Waals surface area contributed by atoms with Gasteiger partial charge in [0.1, 0.15) is 12.6 Å². The van der Waals surface area contributed by atoms with Gasteiger partial charge in [-0.2, -0.15) is 0 Å². The summed E-state index contributed by atoms with van der Waals surface area (Å²) in [5.74, 6) is -1.75. The Hall–Kier alpha value is -2.19. The number of esters is 2. The van der Waals surface area contributed by atoms with E-state index in [0.717, 1.165) is 57.8 Å². The second-order valence-corrected chi connectivity index (χ2v) is 13.4. The van der Waals surface area contributed by atoms with Gasteiger partial charge in [-0.1, -0.05) is 115 Å². The van der Waals surface area contributed by atoms with Crippen molar-refractivity contribution in [2.45, 2.75) is 161 Å². The summed E-state index contributed by atoms with van der Waals surface area (Å²) in [5, 5.41) is 11.5. The van der Waals surface area contributed by atoms with Crippen molar-refractivity contribution in [3.63, 3.8) is 0 Å². The lowest BCUT2D eigenvalue weighted by atomic mass is 10.1. The Morgan fingerprint density at radius 3 is 1.78 bits per heavy atom. The molecule has 0 rings (SSSR count). The normalized spacial score (nSPS) is 13.3. The quantitative estimate of drug-likeness (QED) is 0.0319. The highest BCUT2D eigenvalue weighted by molar-refractivity contribution is 5.70. The predicted octanol–water partition coefficient (Wildman–Crippen LogP) is 7.63. The van der Waals surface area contributed by atoms with Crippen LogP contribution in [0.4, 0.5) is 0 Å². The molecule has 0 saturated heterocycles. The van der Waals surface area contributed by atoms with E-state index in [0.29, 0.717) is 12.8 Å². The molecule has 0 aromatic heterocycles. The molecule has 2 atom stereocenters. The summed E-state index contributed by atoms with van der Waals surface area (Å²) in [7, 11) is 5.39. The van der Waals surface area contributed by atoms with Gasteiger partial charge in [-0.3, -0.25) is 9.59 Å². The summed E-state index contributed by atoms with van der Waals surface area (Å²) in [6.07, 6.45) is 29.2. The van der Waals surface area contributed by atoms with E-state index in [1.165, 1.54) is 57.8 Å². The van der Waals surface area contributed by atoms with Crippen LogP contribution in [0.5, 0.6) is 0 Å². The smallest absolute Gasteiger partial charge is 0.306 e. The molecule has 0 radical (unpaired) electrons. The highest BCUT2D eigenvalue weighted by atomic mass is 16.6. The molecule has 0 aliphatic carbocycles. The van der Waals surface area contributed by atoms with Crippen molar-refractivity contribution in [3.8, 4) is 0 Å². The monoisotopic (exact) mass is 652 g/mol. The molecule has 8 heteroatoms. The van der Waals surface area contributed by atoms with Crippen LogP contribution >= 0.6 is 0 Å². The maximum absolute atomic E-state index is 12.5. The molecule has 268 valence electrons. The third-order valence-corrected chi connectivity index (χ3v) is 8.10. The number of hydrogen-bond donors (Lipinski definition) is 0. The van der Waals surface area contributed by atoms with Gasteiger partial charge < -0.3 is 28.6 Å². The van der Waals surface area contributed by atoms with Crippen molar-refractivity contribution in [2.24, 2.45) is 0 Å². The van der Waals surface area contributed by atoms with Gasteiger partial charge in [0.15, 0.2) is 6.10 Å². The average Bonchev–Trinajstić information content (AvgIpc) is 3.00. The number of nitrogens with zero attached hydrogens (tertiary/aromatic N) is 1. The topological polar surface area (TPSA) is 102 Å². The van der Waals surface area contributed by atoms with Gasteiger partial charge in [0.2, 0.25) is 0 Å². The van der Waals surface area contributed by atoms with Crippen LogP contribution in [0.15, 0.2) is 24.3 Å². The number of aliphatic carboxylic acids is 1. The fourth-order valence-electron chi connectivity index (χ4n) is 5.22. The third-order valence-electron chi connectivity index (χ3n) is 8.10. The number of carboxylic acids is 1. The molecule has 0 spiro atoms. The van der Waals surface area contributed by atoms with Gasteiger partial charge in [-0.05, 0) is 38.5 Å². The number of likely N-dealkylation sites (N-methyl/N-ethyl adjacent to an activating group) is 1. The summed E-state index contributed by atoms with van der Waals surface area (Å²) >= 11 is 0. The highest BCUT2D eigenvalue weighted by Crippen LogP contribution is 2.13. The molecule has 0 aliphatic rings. The molecular formula is C38H69NO7. The first-order chi connectivity index (χ1) is 22.1. The number of hydrogen-bond acceptors (Lipinski definition) is 7. The molecule has 2 unspecified atom stereocenters. The molecule has 0 saturated carbocycles. The third kappa shape index (κ3) is 28.1. The van der Waals surface area contributed by atoms with E-state index >= 15 is 0 Å². The van der Waals surface area contributed by atoms with Crippen LogP contribution in [-0.2, 0) is 28.6 Å². The van der Waals surface area contributed by atoms with Gasteiger partial charge in [0.25, 0.3) is 0 Å². The molecule has 0 aliphatic heterocycles. The molecule has 8 nitrogen and oxygen atoms in total. The second kappa shape index (κ2) is 30.2. The van der Waals surface area contributed by atoms with Gasteiger partial charge in [0.05, 0.1) is 40.3 Å². The number of quaternary nitrogens is 1. The van der Waals surface area contributed by atoms with E-state index in [4.69, 9.17) is 14.2 Å². The molecule has 0 heterocycles. The standard InChI is InChI=1S/C38H69NO7/c1-6-8-10-12-14-16-17-18-19-20-21-23-24-26-28-36(40)45-33-34(32-44-31-30-35(38(42)43)39(3,4)5)46-37(41)29-27-25-22-15-13-11-9-7-2/h8,10,14,16,34-35H,6-7,9,11-13,15,17-33H2,1-5H3/b10-8+,16-14+. The Labute approximate surface area is 281 Å². The first kappa shape index (κ1) is 43.8. The van der Waals surface area contributed by atoms with E-state index in [1.54, 1.807) is 21.1 Å². The minimum atomic E-state index is -1.13. The second-order valence-electron chi connectivity index (χ2n) is 13.4. The largest absolute Gasteiger partial charge is 0.544 e. The van der Waals surface area contributed by atoms with Gasteiger partial charge in [-0.15, -0.1) is 0 Å². The zero-order chi connectivity index (χ0) is 34.3. The van der Waals surface area contributed by atoms with Crippen molar-refractivity contribution in [1.82, 2.24) is 0 Å². The zero-order valence-corrected chi connectivity index (χ0v) is 30.2. The van der Waals surface area contributed by atoms with Crippen LogP contribution in [0.25, 0.3) is 0 Å². The molecule has 0 bridgehead atoms. The Bertz CT molecular complexity index is 818. The van der Waals surface area contributed by atoms with Crippen molar-refractivity contribution in [2.75, 3.05) is 41.0 Å². The number of ether oxygens (including phenoxy) is 3. The fourth-order valence-corrected chi connectivity index (χ4v) is 5.22. The summed E-state index contributed by atoms with van der Waals surface area (Å²) in [5.41, 5.74) is 0. The van der Waals surface area contributed by atoms with E-state index in [-0.39, 0.29) is 42.7 Å². The summed E-state index contributed by atoms with van der Waals surface area (Å²) in [4.78, 5) is 36.5. The van der Waals surface area contributed by atoms with Crippen molar-refractivity contribution >= 4 is 17.9 Å². The molecule has 0 amide bonds. The Morgan fingerprint density at radius 2 is 1.22 bits per heavy atom. The lowest BCUT2D eigenvalue weighted by molar-refractivity contribution is -0.889.